The van der Waals surface area contributed by atoms with Gasteiger partial charge >= 0.3 is 0 Å². The Morgan fingerprint density at radius 3 is 2.38 bits per heavy atom. The zero-order valence-electron chi connectivity index (χ0n) is 14.7. The van der Waals surface area contributed by atoms with Gasteiger partial charge in [0.05, 0.1) is 10.6 Å². The molecule has 26 heavy (non-hydrogen) atoms. The summed E-state index contributed by atoms with van der Waals surface area (Å²) in [6, 6.07) is 15.5. The molecule has 0 aliphatic heterocycles. The molecule has 0 aliphatic rings. The number of nitrogens with one attached hydrogen (secondary N) is 1. The van der Waals surface area contributed by atoms with Gasteiger partial charge in [-0.15, -0.1) is 0 Å². The lowest BCUT2D eigenvalue weighted by atomic mass is 10.2. The number of aromatic nitrogens is 2. The van der Waals surface area contributed by atoms with Crippen molar-refractivity contribution < 1.29 is 13.2 Å². The molecule has 0 fully saturated rings. The van der Waals surface area contributed by atoms with Gasteiger partial charge in [0.1, 0.15) is 12.4 Å². The van der Waals surface area contributed by atoms with E-state index >= 15 is 0 Å². The molecule has 0 aliphatic carbocycles. The molecule has 3 aromatic rings. The average molecular weight is 371 g/mol. The van der Waals surface area contributed by atoms with E-state index in [9.17, 15) is 8.42 Å². The van der Waals surface area contributed by atoms with Gasteiger partial charge in [-0.1, -0.05) is 17.7 Å². The van der Waals surface area contributed by atoms with Gasteiger partial charge in [-0.05, 0) is 56.3 Å². The van der Waals surface area contributed by atoms with E-state index in [1.807, 2.05) is 24.6 Å². The van der Waals surface area contributed by atoms with Crippen LogP contribution in [0.25, 0.3) is 0 Å². The Bertz CT molecular complexity index is 962. The summed E-state index contributed by atoms with van der Waals surface area (Å²) in [4.78, 5) is 0.233. The Morgan fingerprint density at radius 2 is 1.73 bits per heavy atom. The minimum absolute atomic E-state index is 0.233. The fourth-order valence-electron chi connectivity index (χ4n) is 2.48. The number of nitrogens with zero attached hydrogens (tertiary/aromatic N) is 2. The van der Waals surface area contributed by atoms with E-state index in [1.165, 1.54) is 0 Å². The van der Waals surface area contributed by atoms with E-state index in [4.69, 9.17) is 4.74 Å². The molecule has 1 aromatic heterocycles. The Hall–Kier alpha value is -2.80. The van der Waals surface area contributed by atoms with Crippen LogP contribution in [0.4, 0.5) is 5.69 Å². The Labute approximate surface area is 153 Å². The average Bonchev–Trinajstić information content (AvgIpc) is 3.09. The molecule has 0 saturated heterocycles. The molecule has 0 saturated carbocycles. The highest BCUT2D eigenvalue weighted by atomic mass is 32.2. The van der Waals surface area contributed by atoms with Crippen LogP contribution in [-0.4, -0.2) is 18.2 Å². The number of ether oxygens (including phenoxy) is 1. The van der Waals surface area contributed by atoms with Gasteiger partial charge in [-0.3, -0.25) is 9.40 Å². The predicted octanol–water partition coefficient (Wildman–Crippen LogP) is 3.59. The smallest absolute Gasteiger partial charge is 0.261 e. The van der Waals surface area contributed by atoms with Crippen molar-refractivity contribution >= 4 is 15.7 Å². The van der Waals surface area contributed by atoms with Crippen LogP contribution in [0.2, 0.25) is 0 Å². The molecule has 0 amide bonds. The minimum atomic E-state index is -3.60. The lowest BCUT2D eigenvalue weighted by Gasteiger charge is -2.10. The van der Waals surface area contributed by atoms with Crippen molar-refractivity contribution in [3.8, 4) is 5.75 Å². The molecule has 0 bridgehead atoms. The molecule has 0 unspecified atom stereocenters. The molecule has 2 aromatic carbocycles. The van der Waals surface area contributed by atoms with Crippen molar-refractivity contribution in [1.29, 1.82) is 0 Å². The van der Waals surface area contributed by atoms with Crippen LogP contribution in [0.5, 0.6) is 5.75 Å². The third kappa shape index (κ3) is 4.23. The third-order valence-corrected chi connectivity index (χ3v) is 5.33. The summed E-state index contributed by atoms with van der Waals surface area (Å²) in [7, 11) is -3.60. The quantitative estimate of drug-likeness (QED) is 0.689. The molecule has 1 heterocycles. The van der Waals surface area contributed by atoms with E-state index < -0.39 is 10.0 Å². The van der Waals surface area contributed by atoms with Crippen molar-refractivity contribution in [2.45, 2.75) is 31.9 Å². The number of hydrogen-bond acceptors (Lipinski definition) is 4. The lowest BCUT2D eigenvalue weighted by molar-refractivity contribution is 0.292. The number of rotatable bonds is 7. The van der Waals surface area contributed by atoms with E-state index in [-0.39, 0.29) is 4.90 Å². The number of anilines is 1. The van der Waals surface area contributed by atoms with Crippen LogP contribution in [0.3, 0.4) is 0 Å². The fourth-order valence-corrected chi connectivity index (χ4v) is 3.53. The predicted molar refractivity (Wildman–Crippen MR) is 101 cm³/mol. The summed E-state index contributed by atoms with van der Waals surface area (Å²) >= 11 is 0. The summed E-state index contributed by atoms with van der Waals surface area (Å²) in [5.74, 6) is 0.659. The summed E-state index contributed by atoms with van der Waals surface area (Å²) in [5, 5.41) is 4.20. The van der Waals surface area contributed by atoms with Crippen LogP contribution in [0.1, 0.15) is 18.2 Å². The Morgan fingerprint density at radius 1 is 1.04 bits per heavy atom. The molecular formula is C19H21N3O3S. The monoisotopic (exact) mass is 371 g/mol. The largest absolute Gasteiger partial charge is 0.487 e. The van der Waals surface area contributed by atoms with E-state index in [0.717, 1.165) is 17.8 Å². The van der Waals surface area contributed by atoms with Crippen LogP contribution >= 0.6 is 0 Å². The van der Waals surface area contributed by atoms with Gasteiger partial charge in [-0.25, -0.2) is 8.42 Å². The van der Waals surface area contributed by atoms with Crippen molar-refractivity contribution in [3.05, 3.63) is 72.1 Å². The van der Waals surface area contributed by atoms with Crippen LogP contribution in [-0.2, 0) is 23.2 Å². The van der Waals surface area contributed by atoms with Gasteiger partial charge < -0.3 is 4.74 Å². The third-order valence-electron chi connectivity index (χ3n) is 3.93. The van der Waals surface area contributed by atoms with E-state index in [2.05, 4.69) is 9.82 Å². The second-order valence-corrected chi connectivity index (χ2v) is 7.55. The van der Waals surface area contributed by atoms with E-state index in [1.54, 1.807) is 54.7 Å². The lowest BCUT2D eigenvalue weighted by Crippen LogP contribution is -2.12. The number of aryl methyl sites for hydroxylation is 2. The Kier molecular flexibility index (Phi) is 5.27. The van der Waals surface area contributed by atoms with Crippen molar-refractivity contribution in [1.82, 2.24) is 9.78 Å². The topological polar surface area (TPSA) is 73.2 Å². The van der Waals surface area contributed by atoms with Gasteiger partial charge in [0.2, 0.25) is 0 Å². The van der Waals surface area contributed by atoms with Crippen molar-refractivity contribution in [3.63, 3.8) is 0 Å². The summed E-state index contributed by atoms with van der Waals surface area (Å²) < 4.78 is 35.0. The summed E-state index contributed by atoms with van der Waals surface area (Å²) in [6.07, 6.45) is 1.74. The minimum Gasteiger partial charge on any atom is -0.487 e. The van der Waals surface area contributed by atoms with Crippen LogP contribution < -0.4 is 9.46 Å². The fraction of sp³-hybridized carbons (Fsp3) is 0.211. The highest BCUT2D eigenvalue weighted by molar-refractivity contribution is 7.92. The molecular weight excluding hydrogens is 350 g/mol. The van der Waals surface area contributed by atoms with Crippen molar-refractivity contribution in [2.24, 2.45) is 0 Å². The molecule has 1 N–H and O–H groups in total. The SMILES string of the molecule is CCn1nccc1COc1ccc(NS(=O)(=O)c2ccc(C)cc2)cc1. The molecule has 136 valence electrons. The maximum absolute atomic E-state index is 12.4. The summed E-state index contributed by atoms with van der Waals surface area (Å²) in [6.45, 7) is 5.12. The first-order valence-corrected chi connectivity index (χ1v) is 9.79. The van der Waals surface area contributed by atoms with E-state index in [0.29, 0.717) is 18.0 Å². The number of benzene rings is 2. The molecule has 0 spiro atoms. The van der Waals surface area contributed by atoms with Gasteiger partial charge in [0, 0.05) is 18.4 Å². The molecule has 6 nitrogen and oxygen atoms in total. The zero-order valence-corrected chi connectivity index (χ0v) is 15.5. The second kappa shape index (κ2) is 7.61. The maximum atomic E-state index is 12.4. The highest BCUT2D eigenvalue weighted by Gasteiger charge is 2.13. The maximum Gasteiger partial charge on any atom is 0.261 e. The molecule has 3 rings (SSSR count). The first-order chi connectivity index (χ1) is 12.5. The Balaban J connectivity index is 1.65. The van der Waals surface area contributed by atoms with Crippen LogP contribution in [0.15, 0.2) is 65.7 Å². The summed E-state index contributed by atoms with van der Waals surface area (Å²) in [5.41, 5.74) is 2.48. The zero-order chi connectivity index (χ0) is 18.6. The van der Waals surface area contributed by atoms with Gasteiger partial charge in [-0.2, -0.15) is 5.10 Å². The highest BCUT2D eigenvalue weighted by Crippen LogP contribution is 2.20. The number of hydrogen-bond donors (Lipinski definition) is 1. The second-order valence-electron chi connectivity index (χ2n) is 5.87. The normalized spacial score (nSPS) is 11.3. The molecule has 0 atom stereocenters. The molecule has 7 heteroatoms. The number of sulfonamides is 1. The van der Waals surface area contributed by atoms with Gasteiger partial charge in [0.25, 0.3) is 10.0 Å². The van der Waals surface area contributed by atoms with Crippen molar-refractivity contribution in [2.75, 3.05) is 4.72 Å². The standard InChI is InChI=1S/C19H21N3O3S/c1-3-22-17(12-13-20-22)14-25-18-8-6-16(7-9-18)21-26(23,24)19-10-4-15(2)5-11-19/h4-13,21H,3,14H2,1-2H3. The van der Waals surface area contributed by atoms with Gasteiger partial charge in [0.15, 0.2) is 0 Å². The first kappa shape index (κ1) is 18.0. The van der Waals surface area contributed by atoms with Crippen LogP contribution in [0, 0.1) is 6.92 Å². The molecule has 0 radical (unpaired) electrons. The first-order valence-electron chi connectivity index (χ1n) is 8.31.